The molecule has 5 nitrogen and oxygen atoms in total. The van der Waals surface area contributed by atoms with Crippen molar-refractivity contribution in [1.82, 2.24) is 9.88 Å². The Morgan fingerprint density at radius 1 is 1.69 bits per heavy atom. The minimum Gasteiger partial charge on any atom is -0.436 e. The molecule has 0 bridgehead atoms. The summed E-state index contributed by atoms with van der Waals surface area (Å²) in [5.41, 5.74) is 5.92. The molecule has 1 aliphatic heterocycles. The molecule has 0 fully saturated rings. The standard InChI is InChI=1S/C8H11N3O2/c1-11-3-2-5-6(4-11)13-8(10-5)7(9)12/h2-4H2,1H3,(H2,9,12). The first kappa shape index (κ1) is 8.25. The first-order chi connectivity index (χ1) is 6.16. The van der Waals surface area contributed by atoms with Crippen LogP contribution < -0.4 is 5.73 Å². The van der Waals surface area contributed by atoms with Crippen LogP contribution in [0, 0.1) is 0 Å². The summed E-state index contributed by atoms with van der Waals surface area (Å²) in [6.07, 6.45) is 0.822. The summed E-state index contributed by atoms with van der Waals surface area (Å²) in [4.78, 5) is 16.9. The van der Waals surface area contributed by atoms with Gasteiger partial charge < -0.3 is 10.2 Å². The van der Waals surface area contributed by atoms with Crippen LogP contribution >= 0.6 is 0 Å². The number of rotatable bonds is 1. The van der Waals surface area contributed by atoms with Crippen molar-refractivity contribution in [3.05, 3.63) is 17.3 Å². The largest absolute Gasteiger partial charge is 0.436 e. The van der Waals surface area contributed by atoms with Gasteiger partial charge >= 0.3 is 5.91 Å². The predicted octanol–water partition coefficient (Wildman–Crippen LogP) is -0.239. The second-order valence-corrected chi connectivity index (χ2v) is 3.24. The van der Waals surface area contributed by atoms with Crippen molar-refractivity contribution < 1.29 is 9.21 Å². The topological polar surface area (TPSA) is 72.4 Å². The van der Waals surface area contributed by atoms with Crippen LogP contribution in [0.1, 0.15) is 22.1 Å². The van der Waals surface area contributed by atoms with E-state index in [1.807, 2.05) is 7.05 Å². The molecule has 2 N–H and O–H groups in total. The van der Waals surface area contributed by atoms with E-state index in [2.05, 4.69) is 9.88 Å². The van der Waals surface area contributed by atoms with Gasteiger partial charge in [-0.05, 0) is 7.05 Å². The number of oxazole rings is 1. The van der Waals surface area contributed by atoms with E-state index in [0.29, 0.717) is 6.54 Å². The molecule has 0 aromatic carbocycles. The Morgan fingerprint density at radius 3 is 3.15 bits per heavy atom. The highest BCUT2D eigenvalue weighted by atomic mass is 16.4. The van der Waals surface area contributed by atoms with E-state index in [1.165, 1.54) is 0 Å². The number of aromatic nitrogens is 1. The van der Waals surface area contributed by atoms with Gasteiger partial charge in [0.05, 0.1) is 12.2 Å². The highest BCUT2D eigenvalue weighted by molar-refractivity contribution is 5.88. The molecule has 2 heterocycles. The minimum atomic E-state index is -0.600. The fourth-order valence-electron chi connectivity index (χ4n) is 1.43. The molecule has 0 unspecified atom stereocenters. The fraction of sp³-hybridized carbons (Fsp3) is 0.500. The van der Waals surface area contributed by atoms with Crippen LogP contribution in [-0.4, -0.2) is 29.4 Å². The lowest BCUT2D eigenvalue weighted by Gasteiger charge is -2.19. The Labute approximate surface area is 75.5 Å². The molecule has 1 aromatic rings. The highest BCUT2D eigenvalue weighted by Gasteiger charge is 2.21. The lowest BCUT2D eigenvalue weighted by Crippen LogP contribution is -2.25. The quantitative estimate of drug-likeness (QED) is 0.649. The summed E-state index contributed by atoms with van der Waals surface area (Å²) in [5, 5.41) is 0. The normalized spacial score (nSPS) is 17.0. The van der Waals surface area contributed by atoms with E-state index in [1.54, 1.807) is 0 Å². The van der Waals surface area contributed by atoms with Crippen molar-refractivity contribution >= 4 is 5.91 Å². The number of likely N-dealkylation sites (N-methyl/N-ethyl adjacent to an activating group) is 1. The van der Waals surface area contributed by atoms with Gasteiger partial charge in [-0.1, -0.05) is 0 Å². The van der Waals surface area contributed by atoms with Crippen LogP contribution in [0.5, 0.6) is 0 Å². The van der Waals surface area contributed by atoms with E-state index in [4.69, 9.17) is 10.2 Å². The smallest absolute Gasteiger partial charge is 0.304 e. The molecule has 0 aliphatic carbocycles. The van der Waals surface area contributed by atoms with Crippen molar-refractivity contribution in [1.29, 1.82) is 0 Å². The third-order valence-corrected chi connectivity index (χ3v) is 2.13. The lowest BCUT2D eigenvalue weighted by atomic mass is 10.2. The zero-order chi connectivity index (χ0) is 9.42. The Balaban J connectivity index is 2.33. The second kappa shape index (κ2) is 2.85. The maximum Gasteiger partial charge on any atom is 0.304 e. The average Bonchev–Trinajstić information content (AvgIpc) is 2.46. The molecule has 0 radical (unpaired) electrons. The maximum absolute atomic E-state index is 10.8. The number of fused-ring (bicyclic) bond motifs is 1. The van der Waals surface area contributed by atoms with Crippen molar-refractivity contribution in [2.24, 2.45) is 5.73 Å². The first-order valence-electron chi connectivity index (χ1n) is 4.14. The Hall–Kier alpha value is -1.36. The molecule has 1 amide bonds. The molecule has 0 saturated carbocycles. The number of nitrogens with two attached hydrogens (primary N) is 1. The molecule has 0 saturated heterocycles. The van der Waals surface area contributed by atoms with Crippen LogP contribution in [0.25, 0.3) is 0 Å². The SMILES string of the molecule is CN1CCc2nc(C(N)=O)oc2C1. The van der Waals surface area contributed by atoms with Crippen LogP contribution in [-0.2, 0) is 13.0 Å². The van der Waals surface area contributed by atoms with Gasteiger partial charge in [-0.2, -0.15) is 0 Å². The van der Waals surface area contributed by atoms with E-state index < -0.39 is 5.91 Å². The number of primary amides is 1. The Kier molecular flexibility index (Phi) is 1.81. The zero-order valence-electron chi connectivity index (χ0n) is 7.41. The molecular weight excluding hydrogens is 170 g/mol. The van der Waals surface area contributed by atoms with Crippen LogP contribution in [0.4, 0.5) is 0 Å². The van der Waals surface area contributed by atoms with Gasteiger partial charge in [0, 0.05) is 13.0 Å². The number of carbonyl (C=O) groups excluding carboxylic acids is 1. The molecule has 0 atom stereocenters. The first-order valence-corrected chi connectivity index (χ1v) is 4.14. The summed E-state index contributed by atoms with van der Waals surface area (Å²) in [6, 6.07) is 0. The van der Waals surface area contributed by atoms with Gasteiger partial charge in [0.2, 0.25) is 0 Å². The van der Waals surface area contributed by atoms with Crippen LogP contribution in [0.2, 0.25) is 0 Å². The number of carbonyl (C=O) groups is 1. The molecule has 5 heteroatoms. The number of nitrogens with zero attached hydrogens (tertiary/aromatic N) is 2. The van der Waals surface area contributed by atoms with Crippen LogP contribution in [0.15, 0.2) is 4.42 Å². The van der Waals surface area contributed by atoms with Gasteiger partial charge in [0.1, 0.15) is 5.76 Å². The molecule has 1 aromatic heterocycles. The second-order valence-electron chi connectivity index (χ2n) is 3.24. The number of amides is 1. The van der Waals surface area contributed by atoms with Gasteiger partial charge in [-0.3, -0.25) is 9.69 Å². The molecule has 1 aliphatic rings. The van der Waals surface area contributed by atoms with Crippen molar-refractivity contribution in [2.75, 3.05) is 13.6 Å². The van der Waals surface area contributed by atoms with Crippen molar-refractivity contribution in [3.8, 4) is 0 Å². The maximum atomic E-state index is 10.8. The van der Waals surface area contributed by atoms with Gasteiger partial charge in [0.15, 0.2) is 0 Å². The summed E-state index contributed by atoms with van der Waals surface area (Å²) in [7, 11) is 2.00. The van der Waals surface area contributed by atoms with Crippen molar-refractivity contribution in [3.63, 3.8) is 0 Å². The van der Waals surface area contributed by atoms with Gasteiger partial charge in [-0.25, -0.2) is 4.98 Å². The summed E-state index contributed by atoms with van der Waals surface area (Å²) in [5.74, 6) is 0.194. The van der Waals surface area contributed by atoms with Crippen molar-refractivity contribution in [2.45, 2.75) is 13.0 Å². The Bertz CT molecular complexity index is 345. The third-order valence-electron chi connectivity index (χ3n) is 2.13. The highest BCUT2D eigenvalue weighted by Crippen LogP contribution is 2.18. The minimum absolute atomic E-state index is 0.0281. The zero-order valence-corrected chi connectivity index (χ0v) is 7.41. The van der Waals surface area contributed by atoms with Crippen LogP contribution in [0.3, 0.4) is 0 Å². The molecule has 0 spiro atoms. The molecular formula is C8H11N3O2. The average molecular weight is 181 g/mol. The number of hydrogen-bond acceptors (Lipinski definition) is 4. The Morgan fingerprint density at radius 2 is 2.46 bits per heavy atom. The number of hydrogen-bond donors (Lipinski definition) is 1. The van der Waals surface area contributed by atoms with E-state index in [-0.39, 0.29) is 5.89 Å². The molecule has 2 rings (SSSR count). The summed E-state index contributed by atoms with van der Waals surface area (Å²) < 4.78 is 5.21. The third kappa shape index (κ3) is 1.42. The lowest BCUT2D eigenvalue weighted by molar-refractivity contribution is 0.0964. The van der Waals surface area contributed by atoms with Gasteiger partial charge in [0.25, 0.3) is 5.89 Å². The molecule has 13 heavy (non-hydrogen) atoms. The summed E-state index contributed by atoms with van der Waals surface area (Å²) >= 11 is 0. The van der Waals surface area contributed by atoms with E-state index in [0.717, 1.165) is 24.4 Å². The van der Waals surface area contributed by atoms with E-state index >= 15 is 0 Å². The van der Waals surface area contributed by atoms with Gasteiger partial charge in [-0.15, -0.1) is 0 Å². The molecule has 70 valence electrons. The predicted molar refractivity (Wildman–Crippen MR) is 45.1 cm³/mol. The summed E-state index contributed by atoms with van der Waals surface area (Å²) in [6.45, 7) is 1.65. The monoisotopic (exact) mass is 181 g/mol. The van der Waals surface area contributed by atoms with E-state index in [9.17, 15) is 4.79 Å². The fourth-order valence-corrected chi connectivity index (χ4v) is 1.43.